The zero-order chi connectivity index (χ0) is 16.5. The molecule has 2 aromatic rings. The second-order valence-corrected chi connectivity index (χ2v) is 6.02. The summed E-state index contributed by atoms with van der Waals surface area (Å²) in [6, 6.07) is 9.70. The van der Waals surface area contributed by atoms with Crippen LogP contribution >= 0.6 is 0 Å². The van der Waals surface area contributed by atoms with Crippen molar-refractivity contribution in [3.63, 3.8) is 0 Å². The van der Waals surface area contributed by atoms with E-state index >= 15 is 0 Å². The topological polar surface area (TPSA) is 77.7 Å². The maximum atomic E-state index is 11.4. The average molecular weight is 325 g/mol. The maximum absolute atomic E-state index is 11.4. The van der Waals surface area contributed by atoms with Crippen LogP contribution in [0, 0.1) is 0 Å². The number of hydrogen-bond acceptors (Lipinski definition) is 5. The van der Waals surface area contributed by atoms with Gasteiger partial charge in [-0.3, -0.25) is 4.79 Å². The molecule has 24 heavy (non-hydrogen) atoms. The molecule has 1 unspecified atom stereocenters. The highest BCUT2D eigenvalue weighted by atomic mass is 16.6. The Kier molecular flexibility index (Phi) is 3.72. The van der Waals surface area contributed by atoms with Gasteiger partial charge >= 0.3 is 0 Å². The molecular weight excluding hydrogens is 306 g/mol. The molecule has 6 heteroatoms. The Balaban J connectivity index is 1.65. The molecule has 4 rings (SSSR count). The number of carbonyl (C=O) groups excluding carboxylic acids is 1. The van der Waals surface area contributed by atoms with Gasteiger partial charge in [0, 0.05) is 18.3 Å². The van der Waals surface area contributed by atoms with Crippen LogP contribution in [-0.2, 0) is 0 Å². The van der Waals surface area contributed by atoms with Gasteiger partial charge in [-0.2, -0.15) is 0 Å². The number of nitrogens with zero attached hydrogens (tertiary/aromatic N) is 2. The minimum atomic E-state index is -0.436. The van der Waals surface area contributed by atoms with Crippen LogP contribution in [0.15, 0.2) is 36.5 Å². The first-order valence-corrected chi connectivity index (χ1v) is 8.14. The lowest BCUT2D eigenvalue weighted by atomic mass is 10.0. The number of ether oxygens (including phenoxy) is 2. The number of rotatable bonds is 3. The minimum absolute atomic E-state index is 0.205. The van der Waals surface area contributed by atoms with Crippen molar-refractivity contribution in [2.45, 2.75) is 18.9 Å². The number of anilines is 1. The summed E-state index contributed by atoms with van der Waals surface area (Å²) in [6.07, 6.45) is 3.73. The third-order valence-corrected chi connectivity index (χ3v) is 4.53. The van der Waals surface area contributed by atoms with E-state index in [9.17, 15) is 4.79 Å². The summed E-state index contributed by atoms with van der Waals surface area (Å²) in [5.41, 5.74) is 7.04. The highest BCUT2D eigenvalue weighted by Gasteiger charge is 2.28. The zero-order valence-corrected chi connectivity index (χ0v) is 13.3. The Morgan fingerprint density at radius 1 is 1.17 bits per heavy atom. The molecule has 0 spiro atoms. The Morgan fingerprint density at radius 3 is 2.83 bits per heavy atom. The molecule has 0 radical (unpaired) electrons. The van der Waals surface area contributed by atoms with Gasteiger partial charge in [0.2, 0.25) is 5.91 Å². The molecular formula is C18H19N3O3. The maximum Gasteiger partial charge on any atom is 0.248 e. The van der Waals surface area contributed by atoms with Gasteiger partial charge < -0.3 is 20.1 Å². The van der Waals surface area contributed by atoms with Crippen molar-refractivity contribution in [1.29, 1.82) is 0 Å². The lowest BCUT2D eigenvalue weighted by Gasteiger charge is -2.27. The molecule has 0 bridgehead atoms. The Bertz CT molecular complexity index is 778. The van der Waals surface area contributed by atoms with E-state index in [-0.39, 0.29) is 6.04 Å². The first-order valence-electron chi connectivity index (χ1n) is 8.14. The Morgan fingerprint density at radius 2 is 2.00 bits per heavy atom. The number of nitrogens with two attached hydrogens (primary N) is 1. The van der Waals surface area contributed by atoms with Crippen LogP contribution < -0.4 is 20.1 Å². The first kappa shape index (κ1) is 14.8. The van der Waals surface area contributed by atoms with Crippen molar-refractivity contribution in [2.75, 3.05) is 24.7 Å². The summed E-state index contributed by atoms with van der Waals surface area (Å²) < 4.78 is 11.3. The molecule has 1 fully saturated rings. The van der Waals surface area contributed by atoms with Crippen molar-refractivity contribution in [3.8, 4) is 11.5 Å². The summed E-state index contributed by atoms with van der Waals surface area (Å²) in [4.78, 5) is 18.1. The number of carbonyl (C=O) groups is 1. The largest absolute Gasteiger partial charge is 0.486 e. The van der Waals surface area contributed by atoms with Gasteiger partial charge in [0.25, 0.3) is 0 Å². The van der Waals surface area contributed by atoms with Crippen LogP contribution in [-0.4, -0.2) is 30.6 Å². The van der Waals surface area contributed by atoms with Gasteiger partial charge in [0.05, 0.1) is 6.04 Å². The molecule has 124 valence electrons. The highest BCUT2D eigenvalue weighted by Crippen LogP contribution is 2.39. The van der Waals surface area contributed by atoms with Gasteiger partial charge in [0.15, 0.2) is 11.5 Å². The lowest BCUT2D eigenvalue weighted by Crippen LogP contribution is -2.24. The van der Waals surface area contributed by atoms with Crippen molar-refractivity contribution < 1.29 is 14.3 Å². The molecule has 2 aliphatic heterocycles. The average Bonchev–Trinajstić information content (AvgIpc) is 3.11. The fraction of sp³-hybridized carbons (Fsp3) is 0.333. The van der Waals surface area contributed by atoms with Crippen molar-refractivity contribution in [3.05, 3.63) is 47.7 Å². The normalized spacial score (nSPS) is 19.3. The molecule has 1 saturated heterocycles. The van der Waals surface area contributed by atoms with Crippen molar-refractivity contribution in [1.82, 2.24) is 4.98 Å². The van der Waals surface area contributed by atoms with Crippen LogP contribution in [0.3, 0.4) is 0 Å². The minimum Gasteiger partial charge on any atom is -0.486 e. The Hall–Kier alpha value is -2.76. The fourth-order valence-corrected chi connectivity index (χ4v) is 3.38. The molecule has 6 nitrogen and oxygen atoms in total. The molecule has 1 amide bonds. The molecule has 3 heterocycles. The number of primary amides is 1. The third-order valence-electron chi connectivity index (χ3n) is 4.53. The number of benzene rings is 1. The molecule has 2 N–H and O–H groups in total. The van der Waals surface area contributed by atoms with Gasteiger partial charge in [-0.25, -0.2) is 4.98 Å². The molecule has 2 aliphatic rings. The van der Waals surface area contributed by atoms with E-state index in [0.717, 1.165) is 36.7 Å². The van der Waals surface area contributed by atoms with Gasteiger partial charge in [0.1, 0.15) is 19.0 Å². The molecule has 1 aromatic heterocycles. The summed E-state index contributed by atoms with van der Waals surface area (Å²) in [7, 11) is 0. The van der Waals surface area contributed by atoms with E-state index in [4.69, 9.17) is 15.2 Å². The van der Waals surface area contributed by atoms with E-state index in [2.05, 4.69) is 22.0 Å². The van der Waals surface area contributed by atoms with Gasteiger partial charge in [-0.05, 0) is 42.7 Å². The van der Waals surface area contributed by atoms with E-state index in [1.807, 2.05) is 6.07 Å². The fourth-order valence-electron chi connectivity index (χ4n) is 3.38. The summed E-state index contributed by atoms with van der Waals surface area (Å²) >= 11 is 0. The quantitative estimate of drug-likeness (QED) is 0.937. The van der Waals surface area contributed by atoms with Crippen LogP contribution in [0.1, 0.15) is 34.8 Å². The van der Waals surface area contributed by atoms with Crippen molar-refractivity contribution in [2.24, 2.45) is 5.73 Å². The summed E-state index contributed by atoms with van der Waals surface area (Å²) in [6.45, 7) is 2.06. The predicted molar refractivity (Wildman–Crippen MR) is 89.5 cm³/mol. The van der Waals surface area contributed by atoms with E-state index in [0.29, 0.717) is 18.8 Å². The molecule has 1 atom stereocenters. The molecule has 1 aromatic carbocycles. The summed E-state index contributed by atoms with van der Waals surface area (Å²) in [5, 5.41) is 0. The number of fused-ring (bicyclic) bond motifs is 1. The second-order valence-electron chi connectivity index (χ2n) is 6.02. The lowest BCUT2D eigenvalue weighted by molar-refractivity contribution is 0.1000. The predicted octanol–water partition coefficient (Wildman–Crippen LogP) is 2.29. The Labute approximate surface area is 140 Å². The van der Waals surface area contributed by atoms with Crippen LogP contribution in [0.5, 0.6) is 11.5 Å². The van der Waals surface area contributed by atoms with Crippen LogP contribution in [0.4, 0.5) is 5.82 Å². The van der Waals surface area contributed by atoms with Gasteiger partial charge in [-0.15, -0.1) is 0 Å². The number of aromatic nitrogens is 1. The third kappa shape index (κ3) is 2.64. The van der Waals surface area contributed by atoms with E-state index < -0.39 is 5.91 Å². The zero-order valence-electron chi connectivity index (χ0n) is 13.3. The van der Waals surface area contributed by atoms with Gasteiger partial charge in [-0.1, -0.05) is 6.07 Å². The molecule has 0 saturated carbocycles. The monoisotopic (exact) mass is 325 g/mol. The van der Waals surface area contributed by atoms with E-state index in [1.54, 1.807) is 18.3 Å². The number of hydrogen-bond donors (Lipinski definition) is 1. The number of pyridine rings is 1. The van der Waals surface area contributed by atoms with Crippen LogP contribution in [0.2, 0.25) is 0 Å². The standard InChI is InChI=1S/C18H19N3O3/c19-18(22)13-5-6-20-17(11-13)21-7-1-2-14(21)12-3-4-15-16(10-12)24-9-8-23-15/h3-6,10-11,14H,1-2,7-9H2,(H2,19,22). The smallest absolute Gasteiger partial charge is 0.248 e. The second kappa shape index (κ2) is 6.03. The van der Waals surface area contributed by atoms with E-state index in [1.165, 1.54) is 5.56 Å². The van der Waals surface area contributed by atoms with Crippen molar-refractivity contribution >= 4 is 11.7 Å². The highest BCUT2D eigenvalue weighted by molar-refractivity contribution is 5.93. The van der Waals surface area contributed by atoms with Crippen LogP contribution in [0.25, 0.3) is 0 Å². The molecule has 0 aliphatic carbocycles. The number of amides is 1. The first-order chi connectivity index (χ1) is 11.7. The summed E-state index contributed by atoms with van der Waals surface area (Å²) in [5.74, 6) is 1.94. The SMILES string of the molecule is NC(=O)c1ccnc(N2CCCC2c2ccc3c(c2)OCCO3)c1.